The van der Waals surface area contributed by atoms with Gasteiger partial charge in [-0.25, -0.2) is 0 Å². The summed E-state index contributed by atoms with van der Waals surface area (Å²) < 4.78 is 0. The molecule has 5 nitrogen and oxygen atoms in total. The highest BCUT2D eigenvalue weighted by molar-refractivity contribution is 7.80. The minimum Gasteiger partial charge on any atom is -0.350 e. The molecule has 0 fully saturated rings. The molecule has 0 saturated heterocycles. The van der Waals surface area contributed by atoms with Crippen molar-refractivity contribution in [2.75, 3.05) is 5.32 Å². The van der Waals surface area contributed by atoms with E-state index in [4.69, 9.17) is 12.2 Å². The van der Waals surface area contributed by atoms with E-state index in [1.807, 2.05) is 13.8 Å². The Morgan fingerprint density at radius 1 is 1.19 bits per heavy atom. The molecule has 2 amide bonds. The van der Waals surface area contributed by atoms with Gasteiger partial charge in [-0.15, -0.1) is 0 Å². The first kappa shape index (κ1) is 17.1. The molecule has 0 heterocycles. The van der Waals surface area contributed by atoms with Crippen molar-refractivity contribution in [3.63, 3.8) is 0 Å². The standard InChI is InChI=1S/C15H21N3O2S/c1-4-10(3)16-14(20)11-6-8-12(9-7-11)17-15(21)18-13(19)5-2/h6-10H,4-5H2,1-3H3,(H,16,20)(H2,17,18,19,21)/t10-/m0/s1. The van der Waals surface area contributed by atoms with E-state index in [1.54, 1.807) is 31.2 Å². The van der Waals surface area contributed by atoms with E-state index in [9.17, 15) is 9.59 Å². The smallest absolute Gasteiger partial charge is 0.251 e. The summed E-state index contributed by atoms with van der Waals surface area (Å²) in [6, 6.07) is 7.06. The highest BCUT2D eigenvalue weighted by atomic mass is 32.1. The van der Waals surface area contributed by atoms with Crippen molar-refractivity contribution in [2.45, 2.75) is 39.7 Å². The normalized spacial score (nSPS) is 11.4. The van der Waals surface area contributed by atoms with Crippen LogP contribution in [0.1, 0.15) is 44.0 Å². The third-order valence-electron chi connectivity index (χ3n) is 2.97. The van der Waals surface area contributed by atoms with Crippen molar-refractivity contribution in [3.8, 4) is 0 Å². The molecule has 1 atom stereocenters. The topological polar surface area (TPSA) is 70.2 Å². The van der Waals surface area contributed by atoms with Gasteiger partial charge in [-0.1, -0.05) is 13.8 Å². The van der Waals surface area contributed by atoms with E-state index < -0.39 is 0 Å². The third-order valence-corrected chi connectivity index (χ3v) is 3.17. The van der Waals surface area contributed by atoms with Crippen LogP contribution in [0.25, 0.3) is 0 Å². The molecule has 6 heteroatoms. The maximum atomic E-state index is 11.9. The van der Waals surface area contributed by atoms with E-state index >= 15 is 0 Å². The Hall–Kier alpha value is -1.95. The van der Waals surface area contributed by atoms with Gasteiger partial charge >= 0.3 is 0 Å². The zero-order chi connectivity index (χ0) is 15.8. The maximum absolute atomic E-state index is 11.9. The molecular weight excluding hydrogens is 286 g/mol. The second-order valence-electron chi connectivity index (χ2n) is 4.72. The molecule has 3 N–H and O–H groups in total. The number of benzene rings is 1. The van der Waals surface area contributed by atoms with Crippen molar-refractivity contribution in [1.82, 2.24) is 10.6 Å². The average molecular weight is 307 g/mol. The number of hydrogen-bond donors (Lipinski definition) is 3. The van der Waals surface area contributed by atoms with E-state index in [0.717, 1.165) is 12.1 Å². The van der Waals surface area contributed by atoms with E-state index in [0.29, 0.717) is 12.0 Å². The highest BCUT2D eigenvalue weighted by Gasteiger charge is 2.08. The molecule has 0 saturated carbocycles. The first-order valence-corrected chi connectivity index (χ1v) is 7.38. The Kier molecular flexibility index (Phi) is 6.81. The van der Waals surface area contributed by atoms with Crippen LogP contribution in [0.3, 0.4) is 0 Å². The third kappa shape index (κ3) is 5.91. The predicted molar refractivity (Wildman–Crippen MR) is 88.3 cm³/mol. The van der Waals surface area contributed by atoms with E-state index in [-0.39, 0.29) is 23.0 Å². The van der Waals surface area contributed by atoms with Gasteiger partial charge in [0.15, 0.2) is 5.11 Å². The molecule has 0 spiro atoms. The number of rotatable bonds is 5. The number of carbonyl (C=O) groups is 2. The predicted octanol–water partition coefficient (Wildman–Crippen LogP) is 2.44. The average Bonchev–Trinajstić information content (AvgIpc) is 2.47. The van der Waals surface area contributed by atoms with Crippen LogP contribution < -0.4 is 16.0 Å². The lowest BCUT2D eigenvalue weighted by Crippen LogP contribution is -2.33. The van der Waals surface area contributed by atoms with Crippen LogP contribution in [-0.4, -0.2) is 23.0 Å². The Labute approximate surface area is 130 Å². The SMILES string of the molecule is CCC(=O)NC(=S)Nc1ccc(C(=O)N[C@@H](C)CC)cc1. The fourth-order valence-corrected chi connectivity index (χ4v) is 1.72. The van der Waals surface area contributed by atoms with Gasteiger partial charge in [0, 0.05) is 23.7 Å². The molecule has 0 aliphatic carbocycles. The van der Waals surface area contributed by atoms with Crippen molar-refractivity contribution >= 4 is 34.8 Å². The molecule has 114 valence electrons. The lowest BCUT2D eigenvalue weighted by atomic mass is 10.1. The zero-order valence-corrected chi connectivity index (χ0v) is 13.3. The van der Waals surface area contributed by atoms with Gasteiger partial charge in [-0.05, 0) is 49.8 Å². The quantitative estimate of drug-likeness (QED) is 0.731. The lowest BCUT2D eigenvalue weighted by Gasteiger charge is -2.12. The Balaban J connectivity index is 2.59. The first-order valence-electron chi connectivity index (χ1n) is 6.98. The van der Waals surface area contributed by atoms with Crippen LogP contribution >= 0.6 is 12.2 Å². The highest BCUT2D eigenvalue weighted by Crippen LogP contribution is 2.10. The molecule has 0 aromatic heterocycles. The number of carbonyl (C=O) groups excluding carboxylic acids is 2. The fraction of sp³-hybridized carbons (Fsp3) is 0.400. The summed E-state index contributed by atoms with van der Waals surface area (Å²) in [7, 11) is 0. The number of nitrogens with one attached hydrogen (secondary N) is 3. The van der Waals surface area contributed by atoms with Crippen LogP contribution in [0.5, 0.6) is 0 Å². The molecular formula is C15H21N3O2S. The van der Waals surface area contributed by atoms with Gasteiger partial charge in [0.25, 0.3) is 5.91 Å². The van der Waals surface area contributed by atoms with Crippen LogP contribution in [0.15, 0.2) is 24.3 Å². The number of thiocarbonyl (C=S) groups is 1. The Morgan fingerprint density at radius 2 is 1.81 bits per heavy atom. The van der Waals surface area contributed by atoms with Gasteiger partial charge < -0.3 is 16.0 Å². The van der Waals surface area contributed by atoms with Gasteiger partial charge in [-0.3, -0.25) is 9.59 Å². The molecule has 1 aromatic carbocycles. The largest absolute Gasteiger partial charge is 0.350 e. The molecule has 0 aliphatic rings. The molecule has 0 radical (unpaired) electrons. The summed E-state index contributed by atoms with van der Waals surface area (Å²) >= 11 is 5.01. The van der Waals surface area contributed by atoms with Crippen LogP contribution in [0, 0.1) is 0 Å². The second-order valence-corrected chi connectivity index (χ2v) is 5.12. The first-order chi connectivity index (χ1) is 9.96. The zero-order valence-electron chi connectivity index (χ0n) is 12.5. The fourth-order valence-electron chi connectivity index (χ4n) is 1.49. The molecule has 0 bridgehead atoms. The van der Waals surface area contributed by atoms with Gasteiger partial charge in [-0.2, -0.15) is 0 Å². The Bertz CT molecular complexity index is 514. The molecule has 21 heavy (non-hydrogen) atoms. The minimum atomic E-state index is -0.142. The maximum Gasteiger partial charge on any atom is 0.251 e. The molecule has 1 rings (SSSR count). The second kappa shape index (κ2) is 8.36. The summed E-state index contributed by atoms with van der Waals surface area (Å²) in [5.41, 5.74) is 1.31. The van der Waals surface area contributed by atoms with Crippen molar-refractivity contribution in [1.29, 1.82) is 0 Å². The summed E-state index contributed by atoms with van der Waals surface area (Å²) in [5.74, 6) is -0.241. The van der Waals surface area contributed by atoms with Gasteiger partial charge in [0.05, 0.1) is 0 Å². The van der Waals surface area contributed by atoms with Crippen LogP contribution in [-0.2, 0) is 4.79 Å². The lowest BCUT2D eigenvalue weighted by molar-refractivity contribution is -0.119. The molecule has 0 unspecified atom stereocenters. The summed E-state index contributed by atoms with van der Waals surface area (Å²) in [6.45, 7) is 5.73. The van der Waals surface area contributed by atoms with E-state index in [2.05, 4.69) is 16.0 Å². The van der Waals surface area contributed by atoms with Crippen LogP contribution in [0.4, 0.5) is 5.69 Å². The van der Waals surface area contributed by atoms with Gasteiger partial charge in [0.2, 0.25) is 5.91 Å². The summed E-state index contributed by atoms with van der Waals surface area (Å²) in [6.07, 6.45) is 1.26. The van der Waals surface area contributed by atoms with Crippen molar-refractivity contribution < 1.29 is 9.59 Å². The Morgan fingerprint density at radius 3 is 2.33 bits per heavy atom. The minimum absolute atomic E-state index is 0.0993. The van der Waals surface area contributed by atoms with Crippen molar-refractivity contribution in [3.05, 3.63) is 29.8 Å². The van der Waals surface area contributed by atoms with E-state index in [1.165, 1.54) is 0 Å². The van der Waals surface area contributed by atoms with Crippen LogP contribution in [0.2, 0.25) is 0 Å². The monoisotopic (exact) mass is 307 g/mol. The number of anilines is 1. The summed E-state index contributed by atoms with van der Waals surface area (Å²) in [4.78, 5) is 23.1. The summed E-state index contributed by atoms with van der Waals surface area (Å²) in [5, 5.41) is 8.59. The molecule has 0 aliphatic heterocycles. The molecule has 1 aromatic rings. The number of amides is 2. The van der Waals surface area contributed by atoms with Crippen molar-refractivity contribution in [2.24, 2.45) is 0 Å². The van der Waals surface area contributed by atoms with Gasteiger partial charge in [0.1, 0.15) is 0 Å². The number of hydrogen-bond acceptors (Lipinski definition) is 3.